The van der Waals surface area contributed by atoms with Gasteiger partial charge in [0.1, 0.15) is 11.5 Å². The van der Waals surface area contributed by atoms with Gasteiger partial charge in [-0.1, -0.05) is 49.7 Å². The molecule has 0 saturated carbocycles. The number of aryl methyl sites for hydroxylation is 2. The summed E-state index contributed by atoms with van der Waals surface area (Å²) in [5, 5.41) is 10.9. The lowest BCUT2D eigenvalue weighted by Gasteiger charge is -2.31. The molecule has 37 heavy (non-hydrogen) atoms. The Morgan fingerprint density at radius 2 is 1.95 bits per heavy atom. The molecule has 0 amide bonds. The van der Waals surface area contributed by atoms with Crippen LogP contribution < -0.4 is 4.74 Å². The van der Waals surface area contributed by atoms with E-state index in [1.807, 2.05) is 36.4 Å². The van der Waals surface area contributed by atoms with Crippen LogP contribution in [0, 0.1) is 6.92 Å². The number of aromatic hydroxyl groups is 1. The minimum Gasteiger partial charge on any atom is -0.508 e. The zero-order chi connectivity index (χ0) is 26.2. The van der Waals surface area contributed by atoms with Crippen molar-refractivity contribution in [3.63, 3.8) is 0 Å². The molecule has 1 saturated heterocycles. The highest BCUT2D eigenvalue weighted by Gasteiger charge is 2.35. The summed E-state index contributed by atoms with van der Waals surface area (Å²) in [4.78, 5) is 0. The summed E-state index contributed by atoms with van der Waals surface area (Å²) >= 11 is 6.14. The molecule has 1 heterocycles. The Balaban J connectivity index is 1.34. The van der Waals surface area contributed by atoms with Gasteiger partial charge in [-0.3, -0.25) is 9.09 Å². The molecule has 5 rings (SSSR count). The maximum Gasteiger partial charge on any atom is 0.368 e. The smallest absolute Gasteiger partial charge is 0.368 e. The summed E-state index contributed by atoms with van der Waals surface area (Å²) < 4.78 is 30.9. The Morgan fingerprint density at radius 1 is 1.11 bits per heavy atom. The maximum atomic E-state index is 13.4. The average molecular weight is 541 g/mol. The lowest BCUT2D eigenvalue weighted by molar-refractivity contribution is 0.0725. The van der Waals surface area contributed by atoms with Gasteiger partial charge in [-0.2, -0.15) is 0 Å². The van der Waals surface area contributed by atoms with Gasteiger partial charge in [0.05, 0.1) is 12.7 Å². The lowest BCUT2D eigenvalue weighted by Crippen LogP contribution is -2.18. The number of hydrogen-bond donors (Lipinski definition) is 1. The van der Waals surface area contributed by atoms with Gasteiger partial charge in [-0.15, -0.1) is 0 Å². The number of fused-ring (bicyclic) bond motifs is 1. The minimum atomic E-state index is -3.43. The van der Waals surface area contributed by atoms with Crippen molar-refractivity contribution in [1.82, 2.24) is 0 Å². The number of phenols is 1. The summed E-state index contributed by atoms with van der Waals surface area (Å²) in [6.45, 7) is 6.65. The first-order valence-electron chi connectivity index (χ1n) is 13.0. The van der Waals surface area contributed by atoms with Crippen molar-refractivity contribution < 1.29 is 23.5 Å². The van der Waals surface area contributed by atoms with Gasteiger partial charge in [0, 0.05) is 17.4 Å². The second-order valence-corrected chi connectivity index (χ2v) is 12.8. The van der Waals surface area contributed by atoms with Crippen molar-refractivity contribution >= 4 is 19.2 Å². The molecule has 2 aliphatic rings. The maximum absolute atomic E-state index is 13.4. The van der Waals surface area contributed by atoms with Crippen molar-refractivity contribution in [2.24, 2.45) is 0 Å². The molecule has 3 aromatic carbocycles. The zero-order valence-electron chi connectivity index (χ0n) is 21.6. The molecule has 1 aliphatic heterocycles. The van der Waals surface area contributed by atoms with Crippen LogP contribution in [0.5, 0.6) is 11.5 Å². The standard InChI is InChI=1S/C30H34ClO5P/c1-19(2)27-17-21(10-11-28(27)32)26-9-5-7-23-16-25(14-20(3)30(23)26)34-18-37(33)35-13-12-29(36-37)22-6-4-8-24(31)15-22/h4,6,8,10-11,14-17,19,26,29,32H,5,7,9,12-13,18H2,1-3H3. The van der Waals surface area contributed by atoms with Crippen molar-refractivity contribution in [3.8, 4) is 11.5 Å². The van der Waals surface area contributed by atoms with Crippen molar-refractivity contribution in [2.75, 3.05) is 13.0 Å². The van der Waals surface area contributed by atoms with E-state index in [-0.39, 0.29) is 24.3 Å². The molecule has 0 radical (unpaired) electrons. The van der Waals surface area contributed by atoms with Crippen LogP contribution >= 0.6 is 19.2 Å². The van der Waals surface area contributed by atoms with Crippen LogP contribution in [0.1, 0.15) is 84.4 Å². The molecule has 1 N–H and O–H groups in total. The number of phenolic OH excluding ortho intramolecular Hbond substituents is 1. The van der Waals surface area contributed by atoms with E-state index in [4.69, 9.17) is 25.4 Å². The topological polar surface area (TPSA) is 65.0 Å². The fourth-order valence-electron chi connectivity index (χ4n) is 5.58. The predicted octanol–water partition coefficient (Wildman–Crippen LogP) is 8.65. The van der Waals surface area contributed by atoms with Gasteiger partial charge in [0.2, 0.25) is 0 Å². The molecule has 3 aromatic rings. The summed E-state index contributed by atoms with van der Waals surface area (Å²) in [5.74, 6) is 1.57. The fraction of sp³-hybridized carbons (Fsp3) is 0.400. The van der Waals surface area contributed by atoms with Gasteiger partial charge in [0.25, 0.3) is 0 Å². The highest BCUT2D eigenvalue weighted by atomic mass is 35.5. The van der Waals surface area contributed by atoms with E-state index in [2.05, 4.69) is 32.9 Å². The Kier molecular flexibility index (Phi) is 7.70. The van der Waals surface area contributed by atoms with Crippen LogP contribution in [-0.4, -0.2) is 18.1 Å². The van der Waals surface area contributed by atoms with E-state index in [1.165, 1.54) is 16.7 Å². The second-order valence-electron chi connectivity index (χ2n) is 10.4. The Bertz CT molecular complexity index is 1340. The Hall–Kier alpha value is -2.30. The summed E-state index contributed by atoms with van der Waals surface area (Å²) in [6.07, 6.45) is 3.25. The van der Waals surface area contributed by atoms with E-state index in [9.17, 15) is 9.67 Å². The van der Waals surface area contributed by atoms with Crippen molar-refractivity contribution in [3.05, 3.63) is 93.0 Å². The molecular formula is C30H34ClO5P. The van der Waals surface area contributed by atoms with E-state index in [0.29, 0.717) is 29.5 Å². The van der Waals surface area contributed by atoms with Gasteiger partial charge >= 0.3 is 7.60 Å². The molecular weight excluding hydrogens is 507 g/mol. The number of hydrogen-bond acceptors (Lipinski definition) is 5. The molecule has 3 unspecified atom stereocenters. The molecule has 1 aliphatic carbocycles. The van der Waals surface area contributed by atoms with E-state index in [1.54, 1.807) is 6.07 Å². The summed E-state index contributed by atoms with van der Waals surface area (Å²) in [5.41, 5.74) is 6.84. The van der Waals surface area contributed by atoms with Crippen LogP contribution in [-0.2, 0) is 20.0 Å². The third kappa shape index (κ3) is 5.76. The van der Waals surface area contributed by atoms with Crippen LogP contribution in [0.2, 0.25) is 5.02 Å². The first-order valence-corrected chi connectivity index (χ1v) is 15.1. The fourth-order valence-corrected chi connectivity index (χ4v) is 7.28. The second kappa shape index (κ2) is 10.8. The SMILES string of the molecule is Cc1cc(OCP2(=O)OCCC(c3cccc(Cl)c3)O2)cc2c1C(c1ccc(O)c(C(C)C)c1)CCC2. The van der Waals surface area contributed by atoms with Crippen molar-refractivity contribution in [1.29, 1.82) is 0 Å². The number of ether oxygens (including phenoxy) is 1. The zero-order valence-corrected chi connectivity index (χ0v) is 23.2. The van der Waals surface area contributed by atoms with E-state index in [0.717, 1.165) is 36.0 Å². The molecule has 0 bridgehead atoms. The number of rotatable bonds is 6. The lowest BCUT2D eigenvalue weighted by atomic mass is 9.76. The first-order chi connectivity index (χ1) is 17.7. The van der Waals surface area contributed by atoms with Gasteiger partial charge in [0.15, 0.2) is 6.35 Å². The molecule has 5 nitrogen and oxygen atoms in total. The highest BCUT2D eigenvalue weighted by molar-refractivity contribution is 7.53. The third-order valence-corrected chi connectivity index (χ3v) is 9.21. The minimum absolute atomic E-state index is 0.137. The van der Waals surface area contributed by atoms with Gasteiger partial charge in [-0.05, 0) is 95.8 Å². The largest absolute Gasteiger partial charge is 0.508 e. The molecule has 0 aromatic heterocycles. The molecule has 1 fully saturated rings. The third-order valence-electron chi connectivity index (χ3n) is 7.38. The normalized spacial score (nSPS) is 23.6. The van der Waals surface area contributed by atoms with Gasteiger partial charge < -0.3 is 14.4 Å². The predicted molar refractivity (Wildman–Crippen MR) is 147 cm³/mol. The summed E-state index contributed by atoms with van der Waals surface area (Å²) in [7, 11) is -3.43. The quantitative estimate of drug-likeness (QED) is 0.317. The Labute approximate surface area is 224 Å². The van der Waals surface area contributed by atoms with Crippen LogP contribution in [0.15, 0.2) is 54.6 Å². The monoisotopic (exact) mass is 540 g/mol. The van der Waals surface area contributed by atoms with Crippen LogP contribution in [0.3, 0.4) is 0 Å². The number of benzene rings is 3. The molecule has 3 atom stereocenters. The highest BCUT2D eigenvalue weighted by Crippen LogP contribution is 2.56. The van der Waals surface area contributed by atoms with E-state index < -0.39 is 7.60 Å². The first kappa shape index (κ1) is 26.3. The molecule has 0 spiro atoms. The molecule has 7 heteroatoms. The Morgan fingerprint density at radius 3 is 2.73 bits per heavy atom. The van der Waals surface area contributed by atoms with E-state index >= 15 is 0 Å². The van der Waals surface area contributed by atoms with Crippen LogP contribution in [0.4, 0.5) is 0 Å². The van der Waals surface area contributed by atoms with Crippen molar-refractivity contribution in [2.45, 2.75) is 64.4 Å². The van der Waals surface area contributed by atoms with Crippen LogP contribution in [0.25, 0.3) is 0 Å². The average Bonchev–Trinajstić information content (AvgIpc) is 2.87. The summed E-state index contributed by atoms with van der Waals surface area (Å²) in [6, 6.07) is 17.6. The number of halogens is 1. The molecule has 196 valence electrons. The van der Waals surface area contributed by atoms with Gasteiger partial charge in [-0.25, -0.2) is 0 Å².